The maximum absolute atomic E-state index is 12.5. The average molecular weight is 307 g/mol. The van der Waals surface area contributed by atoms with E-state index in [4.69, 9.17) is 0 Å². The van der Waals surface area contributed by atoms with Crippen LogP contribution in [0.3, 0.4) is 0 Å². The van der Waals surface area contributed by atoms with Crippen molar-refractivity contribution in [3.05, 3.63) is 27.1 Å². The Hall–Kier alpha value is -1.69. The third-order valence-corrected chi connectivity index (χ3v) is 4.57. The molecule has 0 aliphatic carbocycles. The number of thiophene rings is 1. The Morgan fingerprint density at radius 1 is 1.43 bits per heavy atom. The summed E-state index contributed by atoms with van der Waals surface area (Å²) in [6, 6.07) is 1.89. The fraction of sp³-hybridized carbons (Fsp3) is 0.533. The highest BCUT2D eigenvalue weighted by atomic mass is 32.1. The van der Waals surface area contributed by atoms with Crippen LogP contribution in [0.25, 0.3) is 10.2 Å². The molecular formula is C15H21N3O2S. The van der Waals surface area contributed by atoms with Gasteiger partial charge in [0.1, 0.15) is 17.2 Å². The lowest BCUT2D eigenvalue weighted by molar-refractivity contribution is -0.121. The first-order chi connectivity index (χ1) is 10.1. The zero-order valence-electron chi connectivity index (χ0n) is 12.7. The molecule has 21 heavy (non-hydrogen) atoms. The van der Waals surface area contributed by atoms with Crippen molar-refractivity contribution < 1.29 is 4.79 Å². The molecule has 0 unspecified atom stereocenters. The second-order valence-electron chi connectivity index (χ2n) is 5.04. The summed E-state index contributed by atoms with van der Waals surface area (Å²) in [6.45, 7) is 6.58. The highest BCUT2D eigenvalue weighted by Gasteiger charge is 2.13. The molecule has 6 heteroatoms. The fourth-order valence-corrected chi connectivity index (χ4v) is 3.14. The van der Waals surface area contributed by atoms with Gasteiger partial charge in [0.05, 0.1) is 5.39 Å². The number of amides is 1. The Kier molecular flexibility index (Phi) is 5.12. The van der Waals surface area contributed by atoms with Crippen LogP contribution in [0.2, 0.25) is 0 Å². The number of carbonyl (C=O) groups is 1. The van der Waals surface area contributed by atoms with Gasteiger partial charge in [-0.2, -0.15) is 0 Å². The SMILES string of the molecule is CCCCNC(=O)Cn1c(C)nc2sc(CC)cc2c1=O. The van der Waals surface area contributed by atoms with Crippen LogP contribution < -0.4 is 10.9 Å². The Balaban J connectivity index is 2.27. The van der Waals surface area contributed by atoms with Crippen LogP contribution in [0.5, 0.6) is 0 Å². The van der Waals surface area contributed by atoms with E-state index < -0.39 is 0 Å². The lowest BCUT2D eigenvalue weighted by Gasteiger charge is -2.09. The van der Waals surface area contributed by atoms with Crippen LogP contribution >= 0.6 is 11.3 Å². The highest BCUT2D eigenvalue weighted by Crippen LogP contribution is 2.21. The number of fused-ring (bicyclic) bond motifs is 1. The first-order valence-electron chi connectivity index (χ1n) is 7.33. The van der Waals surface area contributed by atoms with Crippen molar-refractivity contribution in [2.75, 3.05) is 6.54 Å². The van der Waals surface area contributed by atoms with Gasteiger partial charge in [0.2, 0.25) is 5.91 Å². The Morgan fingerprint density at radius 3 is 2.86 bits per heavy atom. The van der Waals surface area contributed by atoms with Crippen molar-refractivity contribution in [2.45, 2.75) is 46.6 Å². The summed E-state index contributed by atoms with van der Waals surface area (Å²) in [5.41, 5.74) is -0.126. The van der Waals surface area contributed by atoms with E-state index in [1.807, 2.05) is 6.07 Å². The maximum Gasteiger partial charge on any atom is 0.262 e. The molecular weight excluding hydrogens is 286 g/mol. The number of unbranched alkanes of at least 4 members (excludes halogenated alkanes) is 1. The number of carbonyl (C=O) groups excluding carboxylic acids is 1. The number of aromatic nitrogens is 2. The van der Waals surface area contributed by atoms with Crippen LogP contribution in [0.15, 0.2) is 10.9 Å². The largest absolute Gasteiger partial charge is 0.355 e. The molecule has 0 radical (unpaired) electrons. The normalized spacial score (nSPS) is 11.0. The van der Waals surface area contributed by atoms with Gasteiger partial charge >= 0.3 is 0 Å². The van der Waals surface area contributed by atoms with Crippen molar-refractivity contribution in [2.24, 2.45) is 0 Å². The van der Waals surface area contributed by atoms with Crippen molar-refractivity contribution >= 4 is 27.5 Å². The fourth-order valence-electron chi connectivity index (χ4n) is 2.13. The summed E-state index contributed by atoms with van der Waals surface area (Å²) in [5.74, 6) is 0.448. The van der Waals surface area contributed by atoms with Crippen LogP contribution in [-0.4, -0.2) is 22.0 Å². The maximum atomic E-state index is 12.5. The second kappa shape index (κ2) is 6.85. The first-order valence-corrected chi connectivity index (χ1v) is 8.15. The molecule has 0 atom stereocenters. The number of nitrogens with one attached hydrogen (secondary N) is 1. The molecule has 2 rings (SSSR count). The molecule has 2 aromatic heterocycles. The molecule has 2 heterocycles. The van der Waals surface area contributed by atoms with Crippen LogP contribution in [0.4, 0.5) is 0 Å². The Bertz CT molecular complexity index is 703. The van der Waals surface area contributed by atoms with E-state index >= 15 is 0 Å². The highest BCUT2D eigenvalue weighted by molar-refractivity contribution is 7.18. The van der Waals surface area contributed by atoms with E-state index in [-0.39, 0.29) is 18.0 Å². The summed E-state index contributed by atoms with van der Waals surface area (Å²) in [6.07, 6.45) is 2.86. The van der Waals surface area contributed by atoms with E-state index in [0.717, 1.165) is 29.0 Å². The molecule has 0 aliphatic heterocycles. The monoisotopic (exact) mass is 307 g/mol. The van der Waals surface area contributed by atoms with Crippen LogP contribution in [0.1, 0.15) is 37.4 Å². The smallest absolute Gasteiger partial charge is 0.262 e. The quantitative estimate of drug-likeness (QED) is 0.833. The molecule has 0 fully saturated rings. The predicted octanol–water partition coefficient (Wildman–Crippen LogP) is 2.25. The van der Waals surface area contributed by atoms with Gasteiger partial charge in [0.15, 0.2) is 0 Å². The summed E-state index contributed by atoms with van der Waals surface area (Å²) < 4.78 is 1.45. The molecule has 0 aromatic carbocycles. The standard InChI is InChI=1S/C15H21N3O2S/c1-4-6-7-16-13(19)9-18-10(3)17-14-12(15(18)20)8-11(5-2)21-14/h8H,4-7,9H2,1-3H3,(H,16,19). The van der Waals surface area contributed by atoms with E-state index in [1.165, 1.54) is 4.57 Å². The van der Waals surface area contributed by atoms with Crippen molar-refractivity contribution in [3.8, 4) is 0 Å². The van der Waals surface area contributed by atoms with Gasteiger partial charge in [-0.15, -0.1) is 11.3 Å². The van der Waals surface area contributed by atoms with Crippen molar-refractivity contribution in [3.63, 3.8) is 0 Å². The molecule has 114 valence electrons. The zero-order valence-corrected chi connectivity index (χ0v) is 13.5. The van der Waals surface area contributed by atoms with Crippen molar-refractivity contribution in [1.82, 2.24) is 14.9 Å². The number of rotatable bonds is 6. The molecule has 5 nitrogen and oxygen atoms in total. The summed E-state index contributed by atoms with van der Waals surface area (Å²) in [4.78, 5) is 30.7. The topological polar surface area (TPSA) is 64.0 Å². The van der Waals surface area contributed by atoms with Crippen molar-refractivity contribution in [1.29, 1.82) is 0 Å². The minimum atomic E-state index is -0.138. The molecule has 0 bridgehead atoms. The number of hydrogen-bond donors (Lipinski definition) is 1. The van der Waals surface area contributed by atoms with Crippen LogP contribution in [0, 0.1) is 6.92 Å². The molecule has 1 amide bonds. The first kappa shape index (κ1) is 15.7. The predicted molar refractivity (Wildman–Crippen MR) is 85.9 cm³/mol. The minimum Gasteiger partial charge on any atom is -0.355 e. The zero-order chi connectivity index (χ0) is 15.4. The summed E-state index contributed by atoms with van der Waals surface area (Å²) in [7, 11) is 0. The van der Waals surface area contributed by atoms with Gasteiger partial charge in [0, 0.05) is 11.4 Å². The van der Waals surface area contributed by atoms with E-state index in [9.17, 15) is 9.59 Å². The lowest BCUT2D eigenvalue weighted by atomic mass is 10.3. The molecule has 0 spiro atoms. The Labute approximate surface area is 128 Å². The second-order valence-corrected chi connectivity index (χ2v) is 6.15. The number of nitrogens with zero attached hydrogens (tertiary/aromatic N) is 2. The average Bonchev–Trinajstić information content (AvgIpc) is 2.87. The Morgan fingerprint density at radius 2 is 2.19 bits per heavy atom. The lowest BCUT2D eigenvalue weighted by Crippen LogP contribution is -2.34. The molecule has 1 N–H and O–H groups in total. The molecule has 0 aliphatic rings. The summed E-state index contributed by atoms with van der Waals surface area (Å²) >= 11 is 1.55. The summed E-state index contributed by atoms with van der Waals surface area (Å²) in [5, 5.41) is 3.44. The van der Waals surface area contributed by atoms with Gasteiger partial charge in [-0.25, -0.2) is 4.98 Å². The number of aryl methyl sites for hydroxylation is 2. The molecule has 0 saturated heterocycles. The molecule has 0 saturated carbocycles. The van der Waals surface area contributed by atoms with Gasteiger partial charge in [-0.1, -0.05) is 20.3 Å². The van der Waals surface area contributed by atoms with Gasteiger partial charge < -0.3 is 5.32 Å². The van der Waals surface area contributed by atoms with E-state index in [2.05, 4.69) is 24.1 Å². The minimum absolute atomic E-state index is 0.0363. The van der Waals surface area contributed by atoms with E-state index in [0.29, 0.717) is 17.8 Å². The van der Waals surface area contributed by atoms with Gasteiger partial charge in [0.25, 0.3) is 5.56 Å². The van der Waals surface area contributed by atoms with Gasteiger partial charge in [-0.05, 0) is 25.8 Å². The molecule has 2 aromatic rings. The third kappa shape index (κ3) is 3.50. The van der Waals surface area contributed by atoms with Gasteiger partial charge in [-0.3, -0.25) is 14.2 Å². The van der Waals surface area contributed by atoms with E-state index in [1.54, 1.807) is 18.3 Å². The third-order valence-electron chi connectivity index (χ3n) is 3.40. The van der Waals surface area contributed by atoms with Crippen LogP contribution in [-0.2, 0) is 17.8 Å². The number of hydrogen-bond acceptors (Lipinski definition) is 4.